The highest BCUT2D eigenvalue weighted by Crippen LogP contribution is 2.21. The molecule has 4 nitrogen and oxygen atoms in total. The summed E-state index contributed by atoms with van der Waals surface area (Å²) in [7, 11) is 0. The fourth-order valence-corrected chi connectivity index (χ4v) is 3.25. The van der Waals surface area contributed by atoms with Crippen molar-refractivity contribution in [2.75, 3.05) is 5.75 Å². The predicted octanol–water partition coefficient (Wildman–Crippen LogP) is 1.69. The van der Waals surface area contributed by atoms with E-state index in [0.29, 0.717) is 18.6 Å². The Bertz CT molecular complexity index is 449. The van der Waals surface area contributed by atoms with Gasteiger partial charge in [0.05, 0.1) is 0 Å². The van der Waals surface area contributed by atoms with E-state index in [1.54, 1.807) is 0 Å². The van der Waals surface area contributed by atoms with E-state index in [1.165, 1.54) is 11.8 Å². The minimum absolute atomic E-state index is 0.0699. The molecule has 1 aliphatic rings. The lowest BCUT2D eigenvalue weighted by Crippen LogP contribution is -2.29. The Labute approximate surface area is 116 Å². The molecule has 1 fully saturated rings. The van der Waals surface area contributed by atoms with Crippen LogP contribution in [-0.4, -0.2) is 34.0 Å². The zero-order chi connectivity index (χ0) is 13.7. The van der Waals surface area contributed by atoms with Gasteiger partial charge in [-0.25, -0.2) is 0 Å². The van der Waals surface area contributed by atoms with Gasteiger partial charge in [-0.3, -0.25) is 9.59 Å². The second-order valence-corrected chi connectivity index (χ2v) is 5.89. The normalized spacial score (nSPS) is 20.0. The number of thioether (sulfide) groups is 1. The van der Waals surface area contributed by atoms with Gasteiger partial charge in [0.15, 0.2) is 0 Å². The van der Waals surface area contributed by atoms with Gasteiger partial charge in [-0.2, -0.15) is 0 Å². The van der Waals surface area contributed by atoms with Crippen LogP contribution in [-0.2, 0) is 16.0 Å². The molecule has 19 heavy (non-hydrogen) atoms. The van der Waals surface area contributed by atoms with Gasteiger partial charge in [0.25, 0.3) is 0 Å². The largest absolute Gasteiger partial charge is 0.480 e. The van der Waals surface area contributed by atoms with Crippen molar-refractivity contribution in [1.29, 1.82) is 0 Å². The topological polar surface area (TPSA) is 66.4 Å². The maximum Gasteiger partial charge on any atom is 0.316 e. The van der Waals surface area contributed by atoms with Crippen molar-refractivity contribution in [2.45, 2.75) is 30.6 Å². The number of nitrogens with one attached hydrogen (secondary N) is 1. The average Bonchev–Trinajstić information content (AvgIpc) is 2.81. The van der Waals surface area contributed by atoms with E-state index in [-0.39, 0.29) is 11.9 Å². The number of amides is 1. The number of carboxylic acid groups (broad SMARTS) is 1. The van der Waals surface area contributed by atoms with Crippen molar-refractivity contribution in [2.24, 2.45) is 0 Å². The van der Waals surface area contributed by atoms with E-state index < -0.39 is 11.2 Å². The van der Waals surface area contributed by atoms with E-state index in [1.807, 2.05) is 30.3 Å². The van der Waals surface area contributed by atoms with Crippen LogP contribution in [0, 0.1) is 0 Å². The number of rotatable bonds is 6. The molecule has 1 amide bonds. The van der Waals surface area contributed by atoms with Crippen molar-refractivity contribution in [3.63, 3.8) is 0 Å². The van der Waals surface area contributed by atoms with Crippen LogP contribution in [0.4, 0.5) is 0 Å². The van der Waals surface area contributed by atoms with Crippen LogP contribution >= 0.6 is 11.8 Å². The molecular weight excluding hydrogens is 262 g/mol. The summed E-state index contributed by atoms with van der Waals surface area (Å²) in [5.41, 5.74) is 1.03. The van der Waals surface area contributed by atoms with Crippen molar-refractivity contribution >= 4 is 23.6 Å². The standard InChI is InChI=1S/C14H17NO3S/c16-13-7-6-11(15-13)9-19-12(14(17)18)8-10-4-2-1-3-5-10/h1-5,11-12H,6-9H2,(H,15,16)(H,17,18). The van der Waals surface area contributed by atoms with E-state index >= 15 is 0 Å². The molecule has 2 atom stereocenters. The number of carboxylic acids is 1. The zero-order valence-electron chi connectivity index (χ0n) is 10.5. The molecule has 1 saturated heterocycles. The fourth-order valence-electron chi connectivity index (χ4n) is 2.08. The molecule has 1 aromatic carbocycles. The van der Waals surface area contributed by atoms with Gasteiger partial charge in [-0.05, 0) is 18.4 Å². The number of hydrogen-bond acceptors (Lipinski definition) is 3. The molecule has 0 radical (unpaired) electrons. The van der Waals surface area contributed by atoms with Gasteiger partial charge in [0, 0.05) is 18.2 Å². The molecule has 0 bridgehead atoms. The van der Waals surface area contributed by atoms with Gasteiger partial charge < -0.3 is 10.4 Å². The number of carbonyl (C=O) groups excluding carboxylic acids is 1. The van der Waals surface area contributed by atoms with Crippen molar-refractivity contribution in [1.82, 2.24) is 5.32 Å². The third-order valence-corrected chi connectivity index (χ3v) is 4.49. The summed E-state index contributed by atoms with van der Waals surface area (Å²) >= 11 is 1.41. The van der Waals surface area contributed by atoms with Gasteiger partial charge in [-0.15, -0.1) is 11.8 Å². The summed E-state index contributed by atoms with van der Waals surface area (Å²) in [6.07, 6.45) is 1.88. The maximum absolute atomic E-state index is 11.3. The smallest absolute Gasteiger partial charge is 0.316 e. The van der Waals surface area contributed by atoms with Crippen LogP contribution in [0.5, 0.6) is 0 Å². The Hall–Kier alpha value is -1.49. The Morgan fingerprint density at radius 1 is 1.42 bits per heavy atom. The Morgan fingerprint density at radius 3 is 2.74 bits per heavy atom. The van der Waals surface area contributed by atoms with Crippen LogP contribution in [0.15, 0.2) is 30.3 Å². The number of hydrogen-bond donors (Lipinski definition) is 2. The minimum Gasteiger partial charge on any atom is -0.480 e. The van der Waals surface area contributed by atoms with Crippen LogP contribution in [0.25, 0.3) is 0 Å². The molecule has 0 spiro atoms. The molecule has 1 aromatic rings. The van der Waals surface area contributed by atoms with Gasteiger partial charge in [-0.1, -0.05) is 30.3 Å². The predicted molar refractivity (Wildman–Crippen MR) is 75.2 cm³/mol. The highest BCUT2D eigenvalue weighted by Gasteiger charge is 2.24. The number of carbonyl (C=O) groups is 2. The van der Waals surface area contributed by atoms with Crippen LogP contribution in [0.1, 0.15) is 18.4 Å². The lowest BCUT2D eigenvalue weighted by Gasteiger charge is -2.15. The van der Waals surface area contributed by atoms with Gasteiger partial charge in [0.1, 0.15) is 5.25 Å². The maximum atomic E-state index is 11.3. The average molecular weight is 279 g/mol. The van der Waals surface area contributed by atoms with Gasteiger partial charge >= 0.3 is 5.97 Å². The molecule has 0 aliphatic carbocycles. The molecule has 0 saturated carbocycles. The van der Waals surface area contributed by atoms with E-state index in [2.05, 4.69) is 5.32 Å². The second-order valence-electron chi connectivity index (χ2n) is 4.65. The van der Waals surface area contributed by atoms with Gasteiger partial charge in [0.2, 0.25) is 5.91 Å². The molecule has 102 valence electrons. The second kappa shape index (κ2) is 6.61. The Kier molecular flexibility index (Phi) is 4.85. The highest BCUT2D eigenvalue weighted by molar-refractivity contribution is 8.00. The summed E-state index contributed by atoms with van der Waals surface area (Å²) in [4.78, 5) is 22.4. The quantitative estimate of drug-likeness (QED) is 0.831. The first-order valence-corrected chi connectivity index (χ1v) is 7.37. The van der Waals surface area contributed by atoms with Crippen LogP contribution in [0.3, 0.4) is 0 Å². The fraction of sp³-hybridized carbons (Fsp3) is 0.429. The van der Waals surface area contributed by atoms with Crippen molar-refractivity contribution in [3.05, 3.63) is 35.9 Å². The summed E-state index contributed by atoms with van der Waals surface area (Å²) < 4.78 is 0. The Morgan fingerprint density at radius 2 is 2.16 bits per heavy atom. The molecular formula is C14H17NO3S. The van der Waals surface area contributed by atoms with E-state index in [4.69, 9.17) is 0 Å². The molecule has 1 heterocycles. The summed E-state index contributed by atoms with van der Waals surface area (Å²) in [6, 6.07) is 9.74. The monoisotopic (exact) mass is 279 g/mol. The molecule has 1 aliphatic heterocycles. The first-order chi connectivity index (χ1) is 9.15. The number of aliphatic carboxylic acids is 1. The summed E-state index contributed by atoms with van der Waals surface area (Å²) in [6.45, 7) is 0. The van der Waals surface area contributed by atoms with Crippen LogP contribution in [0.2, 0.25) is 0 Å². The Balaban J connectivity index is 1.86. The molecule has 2 N–H and O–H groups in total. The zero-order valence-corrected chi connectivity index (χ0v) is 11.4. The highest BCUT2D eigenvalue weighted by atomic mass is 32.2. The lowest BCUT2D eigenvalue weighted by molar-refractivity contribution is -0.136. The SMILES string of the molecule is O=C1CCC(CSC(Cc2ccccc2)C(=O)O)N1. The van der Waals surface area contributed by atoms with Crippen LogP contribution < -0.4 is 5.32 Å². The van der Waals surface area contributed by atoms with E-state index in [9.17, 15) is 14.7 Å². The summed E-state index contributed by atoms with van der Waals surface area (Å²) in [5.74, 6) is -0.0612. The van der Waals surface area contributed by atoms with Crippen molar-refractivity contribution in [3.8, 4) is 0 Å². The molecule has 0 aromatic heterocycles. The first-order valence-electron chi connectivity index (χ1n) is 6.33. The lowest BCUT2D eigenvalue weighted by atomic mass is 10.1. The summed E-state index contributed by atoms with van der Waals surface area (Å²) in [5, 5.41) is 11.7. The minimum atomic E-state index is -0.793. The molecule has 5 heteroatoms. The molecule has 2 unspecified atom stereocenters. The third kappa shape index (κ3) is 4.28. The van der Waals surface area contributed by atoms with Crippen molar-refractivity contribution < 1.29 is 14.7 Å². The molecule has 2 rings (SSSR count). The third-order valence-electron chi connectivity index (χ3n) is 3.12. The number of benzene rings is 1. The first kappa shape index (κ1) is 13.9. The van der Waals surface area contributed by atoms with E-state index in [0.717, 1.165) is 12.0 Å².